The molecule has 1 fully saturated rings. The van der Waals surface area contributed by atoms with Crippen molar-refractivity contribution < 1.29 is 23.1 Å². The lowest BCUT2D eigenvalue weighted by Crippen LogP contribution is -2.53. The molecule has 10 heteroatoms. The van der Waals surface area contributed by atoms with E-state index in [-0.39, 0.29) is 19.0 Å². The SMILES string of the molecule is C[C@H](NC(=O)CN1CCCC1)C(=O)N[C@@H](C)[C@H](O)CN(C)S(C)(=O)=O. The lowest BCUT2D eigenvalue weighted by molar-refractivity contribution is -0.129. The first-order valence-corrected chi connectivity index (χ1v) is 10.3. The summed E-state index contributed by atoms with van der Waals surface area (Å²) in [5, 5.41) is 15.3. The second-order valence-electron chi connectivity index (χ2n) is 6.68. The van der Waals surface area contributed by atoms with Gasteiger partial charge in [-0.2, -0.15) is 0 Å². The van der Waals surface area contributed by atoms with Gasteiger partial charge in [0.05, 0.1) is 24.9 Å². The molecule has 25 heavy (non-hydrogen) atoms. The van der Waals surface area contributed by atoms with Gasteiger partial charge in [0, 0.05) is 13.6 Å². The second kappa shape index (κ2) is 9.46. The van der Waals surface area contributed by atoms with Crippen LogP contribution >= 0.6 is 0 Å². The molecule has 3 atom stereocenters. The maximum Gasteiger partial charge on any atom is 0.242 e. The fraction of sp³-hybridized carbons (Fsp3) is 0.867. The number of nitrogens with one attached hydrogen (secondary N) is 2. The van der Waals surface area contributed by atoms with Crippen molar-refractivity contribution in [2.24, 2.45) is 0 Å². The summed E-state index contributed by atoms with van der Waals surface area (Å²) >= 11 is 0. The molecule has 0 spiro atoms. The molecule has 2 amide bonds. The van der Waals surface area contributed by atoms with Crippen LogP contribution in [0.5, 0.6) is 0 Å². The Morgan fingerprint density at radius 1 is 1.20 bits per heavy atom. The molecule has 146 valence electrons. The Morgan fingerprint density at radius 2 is 1.76 bits per heavy atom. The van der Waals surface area contributed by atoms with Gasteiger partial charge in [-0.05, 0) is 39.8 Å². The molecule has 0 aromatic heterocycles. The van der Waals surface area contributed by atoms with Crippen LogP contribution in [-0.2, 0) is 19.6 Å². The van der Waals surface area contributed by atoms with Crippen LogP contribution in [-0.4, -0.2) is 92.2 Å². The Bertz CT molecular complexity index is 562. The Hall–Kier alpha value is -1.23. The zero-order valence-corrected chi connectivity index (χ0v) is 16.2. The minimum absolute atomic E-state index is 0.129. The molecule has 3 N–H and O–H groups in total. The summed E-state index contributed by atoms with van der Waals surface area (Å²) in [6, 6.07) is -1.40. The molecular formula is C15H30N4O5S. The van der Waals surface area contributed by atoms with Crippen LogP contribution in [0.2, 0.25) is 0 Å². The summed E-state index contributed by atoms with van der Waals surface area (Å²) in [6.07, 6.45) is 2.15. The average Bonchev–Trinajstić information content (AvgIpc) is 2.98. The van der Waals surface area contributed by atoms with Crippen molar-refractivity contribution in [1.82, 2.24) is 19.8 Å². The van der Waals surface area contributed by atoms with Crippen LogP contribution < -0.4 is 10.6 Å². The average molecular weight is 378 g/mol. The normalized spacial score (nSPS) is 19.4. The fourth-order valence-corrected chi connectivity index (χ4v) is 2.92. The van der Waals surface area contributed by atoms with Gasteiger partial charge in [-0.15, -0.1) is 0 Å². The number of likely N-dealkylation sites (N-methyl/N-ethyl adjacent to an activating group) is 1. The van der Waals surface area contributed by atoms with Crippen LogP contribution in [0.15, 0.2) is 0 Å². The van der Waals surface area contributed by atoms with E-state index >= 15 is 0 Å². The number of hydrogen-bond donors (Lipinski definition) is 3. The van der Waals surface area contributed by atoms with E-state index in [0.717, 1.165) is 36.5 Å². The van der Waals surface area contributed by atoms with Crippen molar-refractivity contribution in [1.29, 1.82) is 0 Å². The number of rotatable bonds is 9. The topological polar surface area (TPSA) is 119 Å². The van der Waals surface area contributed by atoms with Crippen LogP contribution in [0.1, 0.15) is 26.7 Å². The molecule has 1 saturated heterocycles. The van der Waals surface area contributed by atoms with E-state index in [0.29, 0.717) is 0 Å². The van der Waals surface area contributed by atoms with Gasteiger partial charge >= 0.3 is 0 Å². The third kappa shape index (κ3) is 7.68. The number of carbonyl (C=O) groups is 2. The number of carbonyl (C=O) groups excluding carboxylic acids is 2. The van der Waals surface area contributed by atoms with Gasteiger partial charge < -0.3 is 15.7 Å². The zero-order chi connectivity index (χ0) is 19.2. The van der Waals surface area contributed by atoms with E-state index in [1.165, 1.54) is 7.05 Å². The molecule has 0 aromatic rings. The number of nitrogens with zero attached hydrogens (tertiary/aromatic N) is 2. The Morgan fingerprint density at radius 3 is 2.28 bits per heavy atom. The highest BCUT2D eigenvalue weighted by Gasteiger charge is 2.25. The van der Waals surface area contributed by atoms with E-state index < -0.39 is 34.1 Å². The number of likely N-dealkylation sites (tertiary alicyclic amines) is 1. The summed E-state index contributed by atoms with van der Waals surface area (Å²) < 4.78 is 23.7. The van der Waals surface area contributed by atoms with Gasteiger partial charge in [-0.25, -0.2) is 12.7 Å². The van der Waals surface area contributed by atoms with Gasteiger partial charge in [0.2, 0.25) is 21.8 Å². The van der Waals surface area contributed by atoms with Crippen LogP contribution in [0.3, 0.4) is 0 Å². The van der Waals surface area contributed by atoms with Crippen molar-refractivity contribution >= 4 is 21.8 Å². The summed E-state index contributed by atoms with van der Waals surface area (Å²) in [5.74, 6) is -0.641. The van der Waals surface area contributed by atoms with E-state index in [4.69, 9.17) is 0 Å². The molecule has 1 rings (SSSR count). The number of aliphatic hydroxyl groups excluding tert-OH is 1. The first-order valence-electron chi connectivity index (χ1n) is 8.42. The van der Waals surface area contributed by atoms with Crippen LogP contribution in [0.4, 0.5) is 0 Å². The van der Waals surface area contributed by atoms with E-state index in [1.807, 2.05) is 4.90 Å². The molecular weight excluding hydrogens is 348 g/mol. The summed E-state index contributed by atoms with van der Waals surface area (Å²) in [7, 11) is -2.05. The molecule has 0 saturated carbocycles. The van der Waals surface area contributed by atoms with Gasteiger partial charge in [0.1, 0.15) is 6.04 Å². The number of hydrogen-bond acceptors (Lipinski definition) is 6. The first-order chi connectivity index (χ1) is 11.5. The third-order valence-electron chi connectivity index (χ3n) is 4.29. The summed E-state index contributed by atoms with van der Waals surface area (Å²) in [5.41, 5.74) is 0. The predicted molar refractivity (Wildman–Crippen MR) is 94.4 cm³/mol. The standard InChI is InChI=1S/C15H30N4O5S/c1-11(13(20)9-18(3)25(4,23)24)17-15(22)12(2)16-14(21)10-19-7-5-6-8-19/h11-13,20H,5-10H2,1-4H3,(H,16,21)(H,17,22)/t11-,12-,13+/m0/s1. The summed E-state index contributed by atoms with van der Waals surface area (Å²) in [4.78, 5) is 26.1. The minimum atomic E-state index is -3.40. The third-order valence-corrected chi connectivity index (χ3v) is 5.58. The molecule has 1 aliphatic rings. The maximum absolute atomic E-state index is 12.1. The Labute approximate surface area is 149 Å². The highest BCUT2D eigenvalue weighted by molar-refractivity contribution is 7.88. The van der Waals surface area contributed by atoms with Gasteiger partial charge in [0.25, 0.3) is 0 Å². The summed E-state index contributed by atoms with van der Waals surface area (Å²) in [6.45, 7) is 5.08. The van der Waals surface area contributed by atoms with Crippen molar-refractivity contribution in [3.05, 3.63) is 0 Å². The Balaban J connectivity index is 2.40. The fourth-order valence-electron chi connectivity index (χ4n) is 2.50. The van der Waals surface area contributed by atoms with Crippen LogP contribution in [0.25, 0.3) is 0 Å². The molecule has 0 unspecified atom stereocenters. The first kappa shape index (κ1) is 21.8. The molecule has 0 aromatic carbocycles. The molecule has 1 heterocycles. The molecule has 0 aliphatic carbocycles. The predicted octanol–water partition coefficient (Wildman–Crippen LogP) is -1.66. The second-order valence-corrected chi connectivity index (χ2v) is 8.77. The van der Waals surface area contributed by atoms with Gasteiger partial charge in [0.15, 0.2) is 0 Å². The minimum Gasteiger partial charge on any atom is -0.390 e. The molecule has 0 radical (unpaired) electrons. The van der Waals surface area contributed by atoms with Crippen molar-refractivity contribution in [2.45, 2.75) is 44.9 Å². The van der Waals surface area contributed by atoms with E-state index in [9.17, 15) is 23.1 Å². The highest BCUT2D eigenvalue weighted by atomic mass is 32.2. The van der Waals surface area contributed by atoms with Gasteiger partial charge in [-0.3, -0.25) is 14.5 Å². The van der Waals surface area contributed by atoms with E-state index in [2.05, 4.69) is 10.6 Å². The highest BCUT2D eigenvalue weighted by Crippen LogP contribution is 2.06. The lowest BCUT2D eigenvalue weighted by atomic mass is 10.1. The zero-order valence-electron chi connectivity index (χ0n) is 15.4. The molecule has 0 bridgehead atoms. The molecule has 9 nitrogen and oxygen atoms in total. The largest absolute Gasteiger partial charge is 0.390 e. The van der Waals surface area contributed by atoms with Crippen LogP contribution in [0, 0.1) is 0 Å². The van der Waals surface area contributed by atoms with E-state index in [1.54, 1.807) is 13.8 Å². The monoisotopic (exact) mass is 378 g/mol. The number of aliphatic hydroxyl groups is 1. The quantitative estimate of drug-likeness (QED) is 0.442. The van der Waals surface area contributed by atoms with Crippen molar-refractivity contribution in [3.8, 4) is 0 Å². The number of sulfonamides is 1. The Kier molecular flexibility index (Phi) is 8.26. The van der Waals surface area contributed by atoms with Crippen molar-refractivity contribution in [2.75, 3.05) is 39.5 Å². The lowest BCUT2D eigenvalue weighted by Gasteiger charge is -2.25. The smallest absolute Gasteiger partial charge is 0.242 e. The maximum atomic E-state index is 12.1. The van der Waals surface area contributed by atoms with Gasteiger partial charge in [-0.1, -0.05) is 0 Å². The number of amides is 2. The van der Waals surface area contributed by atoms with Crippen molar-refractivity contribution in [3.63, 3.8) is 0 Å². The molecule has 1 aliphatic heterocycles.